The first-order valence-electron chi connectivity index (χ1n) is 5.60. The summed E-state index contributed by atoms with van der Waals surface area (Å²) in [5, 5.41) is 0. The highest BCUT2D eigenvalue weighted by Gasteiger charge is 2.37. The summed E-state index contributed by atoms with van der Waals surface area (Å²) < 4.78 is 16.0. The summed E-state index contributed by atoms with van der Waals surface area (Å²) in [6, 6.07) is 0. The molecule has 0 N–H and O–H groups in total. The molecule has 1 rings (SSSR count). The van der Waals surface area contributed by atoms with Crippen molar-refractivity contribution in [1.29, 1.82) is 0 Å². The van der Waals surface area contributed by atoms with Gasteiger partial charge in [0.15, 0.2) is 0 Å². The minimum absolute atomic E-state index is 0.170. The molecule has 0 aliphatic carbocycles. The van der Waals surface area contributed by atoms with Crippen molar-refractivity contribution in [3.8, 4) is 0 Å². The third-order valence-electron chi connectivity index (χ3n) is 2.62. The largest absolute Gasteiger partial charge is 0.488 e. The van der Waals surface area contributed by atoms with E-state index in [1.54, 1.807) is 14.0 Å². The van der Waals surface area contributed by atoms with Crippen LogP contribution in [0.5, 0.6) is 0 Å². The van der Waals surface area contributed by atoms with Gasteiger partial charge in [0.2, 0.25) is 0 Å². The molecule has 1 atom stereocenters. The quantitative estimate of drug-likeness (QED) is 0.546. The van der Waals surface area contributed by atoms with E-state index in [1.807, 2.05) is 19.9 Å². The lowest BCUT2D eigenvalue weighted by Crippen LogP contribution is -2.41. The second kappa shape index (κ2) is 5.36. The van der Waals surface area contributed by atoms with Crippen LogP contribution in [0.1, 0.15) is 27.2 Å². The van der Waals surface area contributed by atoms with E-state index in [9.17, 15) is 4.79 Å². The molecule has 1 heterocycles. The molecule has 0 saturated carbocycles. The van der Waals surface area contributed by atoms with E-state index in [0.29, 0.717) is 12.2 Å². The Balaban J connectivity index is 2.56. The third-order valence-corrected chi connectivity index (χ3v) is 2.62. The number of hydrogen-bond acceptors (Lipinski definition) is 4. The topological polar surface area (TPSA) is 44.8 Å². The molecule has 1 aliphatic rings. The monoisotopic (exact) mass is 240 g/mol. The number of ether oxygens (including phenoxy) is 3. The number of carbonyl (C=O) groups excluding carboxylic acids is 1. The molecule has 0 saturated heterocycles. The van der Waals surface area contributed by atoms with E-state index in [-0.39, 0.29) is 6.10 Å². The highest BCUT2D eigenvalue weighted by molar-refractivity contribution is 5.87. The molecule has 0 radical (unpaired) electrons. The zero-order valence-electron chi connectivity index (χ0n) is 10.9. The Kier molecular flexibility index (Phi) is 4.34. The van der Waals surface area contributed by atoms with Crippen LogP contribution in [0.4, 0.5) is 0 Å². The molecule has 4 nitrogen and oxygen atoms in total. The van der Waals surface area contributed by atoms with E-state index in [4.69, 9.17) is 14.2 Å². The van der Waals surface area contributed by atoms with Crippen molar-refractivity contribution in [2.45, 2.75) is 38.9 Å². The number of hydrogen-bond donors (Lipinski definition) is 0. The van der Waals surface area contributed by atoms with Crippen LogP contribution in [-0.4, -0.2) is 31.4 Å². The molecule has 0 aromatic carbocycles. The van der Waals surface area contributed by atoms with Gasteiger partial charge in [0.1, 0.15) is 24.1 Å². The molecule has 0 aromatic rings. The second-order valence-electron chi connectivity index (χ2n) is 4.72. The van der Waals surface area contributed by atoms with Crippen LogP contribution >= 0.6 is 0 Å². The summed E-state index contributed by atoms with van der Waals surface area (Å²) in [5.41, 5.74) is -0.289. The predicted molar refractivity (Wildman–Crippen MR) is 64.4 cm³/mol. The zero-order chi connectivity index (χ0) is 13.1. The summed E-state index contributed by atoms with van der Waals surface area (Å²) in [6.07, 6.45) is 2.51. The van der Waals surface area contributed by atoms with Crippen molar-refractivity contribution < 1.29 is 19.0 Å². The van der Waals surface area contributed by atoms with Crippen LogP contribution in [0, 0.1) is 0 Å². The molecule has 4 heteroatoms. The Morgan fingerprint density at radius 3 is 2.82 bits per heavy atom. The van der Waals surface area contributed by atoms with Crippen molar-refractivity contribution in [2.24, 2.45) is 0 Å². The van der Waals surface area contributed by atoms with E-state index in [2.05, 4.69) is 6.58 Å². The molecule has 0 spiro atoms. The number of carbonyl (C=O) groups is 1. The first-order chi connectivity index (χ1) is 7.86. The second-order valence-corrected chi connectivity index (χ2v) is 4.72. The lowest BCUT2D eigenvalue weighted by Gasteiger charge is -2.31. The van der Waals surface area contributed by atoms with Crippen LogP contribution in [0.25, 0.3) is 0 Å². The average molecular weight is 240 g/mol. The van der Waals surface area contributed by atoms with Gasteiger partial charge < -0.3 is 14.2 Å². The number of rotatable bonds is 5. The molecule has 0 amide bonds. The first-order valence-corrected chi connectivity index (χ1v) is 5.60. The van der Waals surface area contributed by atoms with Gasteiger partial charge in [-0.05, 0) is 26.8 Å². The normalized spacial score (nSPS) is 19.5. The van der Waals surface area contributed by atoms with Gasteiger partial charge in [-0.2, -0.15) is 0 Å². The highest BCUT2D eigenvalue weighted by Crippen LogP contribution is 2.29. The first kappa shape index (κ1) is 13.8. The fourth-order valence-corrected chi connectivity index (χ4v) is 1.57. The van der Waals surface area contributed by atoms with Crippen molar-refractivity contribution >= 4 is 5.97 Å². The van der Waals surface area contributed by atoms with Crippen molar-refractivity contribution in [2.75, 3.05) is 13.7 Å². The minimum atomic E-state index is -0.679. The highest BCUT2D eigenvalue weighted by atomic mass is 16.6. The van der Waals surface area contributed by atoms with Gasteiger partial charge >= 0.3 is 5.97 Å². The summed E-state index contributed by atoms with van der Waals surface area (Å²) >= 11 is 0. The maximum Gasteiger partial charge on any atom is 0.333 e. The fraction of sp³-hybridized carbons (Fsp3) is 0.615. The van der Waals surface area contributed by atoms with Gasteiger partial charge in [0, 0.05) is 19.1 Å². The Morgan fingerprint density at radius 2 is 2.29 bits per heavy atom. The molecule has 1 aliphatic heterocycles. The van der Waals surface area contributed by atoms with Crippen LogP contribution in [0.3, 0.4) is 0 Å². The van der Waals surface area contributed by atoms with Crippen molar-refractivity contribution in [3.63, 3.8) is 0 Å². The summed E-state index contributed by atoms with van der Waals surface area (Å²) in [4.78, 5) is 11.5. The van der Waals surface area contributed by atoms with Gasteiger partial charge in [0.05, 0.1) is 0 Å². The Labute approximate surface area is 102 Å². The summed E-state index contributed by atoms with van der Waals surface area (Å²) in [7, 11) is 1.61. The maximum atomic E-state index is 11.5. The fourth-order valence-electron chi connectivity index (χ4n) is 1.57. The third kappa shape index (κ3) is 3.60. The van der Waals surface area contributed by atoms with Crippen LogP contribution in [0.15, 0.2) is 24.0 Å². The Hall–Kier alpha value is -1.29. The van der Waals surface area contributed by atoms with E-state index < -0.39 is 11.6 Å². The lowest BCUT2D eigenvalue weighted by atomic mass is 9.99. The van der Waals surface area contributed by atoms with Crippen molar-refractivity contribution in [1.82, 2.24) is 0 Å². The Morgan fingerprint density at radius 1 is 1.65 bits per heavy atom. The minimum Gasteiger partial charge on any atom is -0.488 e. The van der Waals surface area contributed by atoms with Gasteiger partial charge in [-0.25, -0.2) is 4.79 Å². The van der Waals surface area contributed by atoms with Gasteiger partial charge in [0.25, 0.3) is 0 Å². The smallest absolute Gasteiger partial charge is 0.333 e. The molecule has 0 aromatic heterocycles. The summed E-state index contributed by atoms with van der Waals surface area (Å²) in [5.74, 6) is 0.399. The average Bonchev–Trinajstić information content (AvgIpc) is 2.66. The molecular formula is C13H20O4. The SMILES string of the molecule is C=C(C)C(=O)OC(C)(C)C1CC=C(COC)O1. The van der Waals surface area contributed by atoms with E-state index in [0.717, 1.165) is 12.2 Å². The van der Waals surface area contributed by atoms with Crippen LogP contribution < -0.4 is 0 Å². The van der Waals surface area contributed by atoms with Crippen LogP contribution in [-0.2, 0) is 19.0 Å². The molecule has 0 bridgehead atoms. The molecule has 0 fully saturated rings. The van der Waals surface area contributed by atoms with Gasteiger partial charge in [-0.15, -0.1) is 0 Å². The van der Waals surface area contributed by atoms with Gasteiger partial charge in [-0.3, -0.25) is 0 Å². The molecular weight excluding hydrogens is 220 g/mol. The van der Waals surface area contributed by atoms with E-state index >= 15 is 0 Å². The predicted octanol–water partition coefficient (Wildman–Crippen LogP) is 2.20. The number of methoxy groups -OCH3 is 1. The van der Waals surface area contributed by atoms with Crippen molar-refractivity contribution in [3.05, 3.63) is 24.0 Å². The van der Waals surface area contributed by atoms with E-state index in [1.165, 1.54) is 0 Å². The van der Waals surface area contributed by atoms with Gasteiger partial charge in [-0.1, -0.05) is 6.58 Å². The summed E-state index contributed by atoms with van der Waals surface area (Å²) in [6.45, 7) is 9.31. The standard InChI is InChI=1S/C13H20O4/c1-9(2)12(14)17-13(3,4)11-7-6-10(16-11)8-15-5/h6,11H,1,7-8H2,2-5H3. The zero-order valence-corrected chi connectivity index (χ0v) is 10.9. The lowest BCUT2D eigenvalue weighted by molar-refractivity contribution is -0.163. The molecule has 1 unspecified atom stereocenters. The maximum absolute atomic E-state index is 11.5. The number of esters is 1. The Bertz CT molecular complexity index is 341. The molecule has 96 valence electrons. The molecule has 17 heavy (non-hydrogen) atoms. The van der Waals surface area contributed by atoms with Crippen LogP contribution in [0.2, 0.25) is 0 Å².